The van der Waals surface area contributed by atoms with Crippen molar-refractivity contribution in [3.05, 3.63) is 23.9 Å². The summed E-state index contributed by atoms with van der Waals surface area (Å²) >= 11 is 0. The summed E-state index contributed by atoms with van der Waals surface area (Å²) < 4.78 is 24.3. The van der Waals surface area contributed by atoms with E-state index in [1.54, 1.807) is 19.0 Å². The van der Waals surface area contributed by atoms with Crippen LogP contribution >= 0.6 is 0 Å². The van der Waals surface area contributed by atoms with E-state index >= 15 is 0 Å². The lowest BCUT2D eigenvalue weighted by Crippen LogP contribution is -2.10. The fraction of sp³-hybridized carbons (Fsp3) is 0.500. The van der Waals surface area contributed by atoms with Gasteiger partial charge in [0.2, 0.25) is 0 Å². The third kappa shape index (κ3) is 3.68. The maximum absolute atomic E-state index is 12.2. The molecule has 1 aromatic heterocycles. The predicted octanol–water partition coefficient (Wildman–Crippen LogP) is 3.11. The van der Waals surface area contributed by atoms with E-state index in [0.29, 0.717) is 5.82 Å². The van der Waals surface area contributed by atoms with Crippen LogP contribution in [0.5, 0.6) is 0 Å². The normalized spacial score (nSPS) is 9.36. The van der Waals surface area contributed by atoms with E-state index in [-0.39, 0.29) is 5.56 Å². The number of halogens is 2. The zero-order chi connectivity index (χ0) is 11.1. The minimum atomic E-state index is -2.42. The highest BCUT2D eigenvalue weighted by molar-refractivity contribution is 5.39. The van der Waals surface area contributed by atoms with Gasteiger partial charge in [-0.05, 0) is 12.1 Å². The van der Waals surface area contributed by atoms with Crippen LogP contribution in [0.15, 0.2) is 18.3 Å². The Bertz CT molecular complexity index is 239. The highest BCUT2D eigenvalue weighted by Crippen LogP contribution is 2.20. The summed E-state index contributed by atoms with van der Waals surface area (Å²) in [4.78, 5) is 5.60. The van der Waals surface area contributed by atoms with E-state index in [2.05, 4.69) is 4.98 Å². The molecule has 1 aromatic rings. The molecule has 0 aliphatic carbocycles. The van der Waals surface area contributed by atoms with Crippen molar-refractivity contribution in [1.29, 1.82) is 0 Å². The van der Waals surface area contributed by atoms with Gasteiger partial charge < -0.3 is 4.90 Å². The Hall–Kier alpha value is -1.19. The van der Waals surface area contributed by atoms with Crippen LogP contribution in [0.3, 0.4) is 0 Å². The number of nitrogens with zero attached hydrogens (tertiary/aromatic N) is 2. The first-order chi connectivity index (χ1) is 6.61. The molecule has 0 atom stereocenters. The topological polar surface area (TPSA) is 16.1 Å². The summed E-state index contributed by atoms with van der Waals surface area (Å²) in [7, 11) is 3.52. The van der Waals surface area contributed by atoms with Crippen molar-refractivity contribution < 1.29 is 8.78 Å². The summed E-state index contributed by atoms with van der Waals surface area (Å²) in [5.74, 6) is 0.549. The lowest BCUT2D eigenvalue weighted by atomic mass is 10.2. The molecule has 0 fully saturated rings. The van der Waals surface area contributed by atoms with Crippen molar-refractivity contribution in [1.82, 2.24) is 4.98 Å². The fourth-order valence-electron chi connectivity index (χ4n) is 0.814. The Balaban J connectivity index is 0.000000791. The van der Waals surface area contributed by atoms with E-state index in [1.165, 1.54) is 18.3 Å². The standard InChI is InChI=1S/C8H10F2N2.C2H6/c1-12(2)7-5-6(8(9)10)3-4-11-7;1-2/h3-5,8H,1-2H3;1-2H3. The Kier molecular flexibility index (Phi) is 5.76. The van der Waals surface area contributed by atoms with Gasteiger partial charge in [-0.2, -0.15) is 0 Å². The van der Waals surface area contributed by atoms with Crippen LogP contribution in [0, 0.1) is 0 Å². The van der Waals surface area contributed by atoms with Gasteiger partial charge in [-0.1, -0.05) is 13.8 Å². The molecule has 1 heterocycles. The number of rotatable bonds is 2. The van der Waals surface area contributed by atoms with Crippen LogP contribution < -0.4 is 4.90 Å². The molecule has 0 N–H and O–H groups in total. The highest BCUT2D eigenvalue weighted by atomic mass is 19.3. The van der Waals surface area contributed by atoms with Gasteiger partial charge in [0.05, 0.1) is 0 Å². The van der Waals surface area contributed by atoms with Gasteiger partial charge in [0.15, 0.2) is 0 Å². The smallest absolute Gasteiger partial charge is 0.264 e. The highest BCUT2D eigenvalue weighted by Gasteiger charge is 2.07. The van der Waals surface area contributed by atoms with Gasteiger partial charge in [0.1, 0.15) is 5.82 Å². The number of aromatic nitrogens is 1. The molecule has 0 amide bonds. The maximum Gasteiger partial charge on any atom is 0.264 e. The SMILES string of the molecule is CC.CN(C)c1cc(C(F)F)ccn1. The molecule has 0 spiro atoms. The second kappa shape index (κ2) is 6.29. The summed E-state index contributed by atoms with van der Waals surface area (Å²) in [5.41, 5.74) is 0.00806. The minimum absolute atomic E-state index is 0.00806. The summed E-state index contributed by atoms with van der Waals surface area (Å²) in [5, 5.41) is 0. The number of hydrogen-bond acceptors (Lipinski definition) is 2. The van der Waals surface area contributed by atoms with E-state index in [4.69, 9.17) is 0 Å². The molecule has 0 bridgehead atoms. The van der Waals surface area contributed by atoms with Crippen molar-refractivity contribution in [2.24, 2.45) is 0 Å². The number of anilines is 1. The van der Waals surface area contributed by atoms with Crippen LogP contribution in [0.25, 0.3) is 0 Å². The number of hydrogen-bond donors (Lipinski definition) is 0. The van der Waals surface area contributed by atoms with Crippen LogP contribution in [0.1, 0.15) is 25.8 Å². The van der Waals surface area contributed by atoms with Gasteiger partial charge >= 0.3 is 0 Å². The number of alkyl halides is 2. The van der Waals surface area contributed by atoms with Gasteiger partial charge in [-0.25, -0.2) is 13.8 Å². The molecule has 1 rings (SSSR count). The van der Waals surface area contributed by atoms with Crippen molar-refractivity contribution in [2.75, 3.05) is 19.0 Å². The molecule has 2 nitrogen and oxygen atoms in total. The summed E-state index contributed by atoms with van der Waals surface area (Å²) in [6.45, 7) is 4.00. The van der Waals surface area contributed by atoms with Gasteiger partial charge in [-0.15, -0.1) is 0 Å². The Morgan fingerprint density at radius 1 is 1.29 bits per heavy atom. The minimum Gasteiger partial charge on any atom is -0.363 e. The molecule has 0 saturated heterocycles. The van der Waals surface area contributed by atoms with E-state index in [0.717, 1.165) is 0 Å². The second-order valence-electron chi connectivity index (χ2n) is 2.64. The van der Waals surface area contributed by atoms with E-state index < -0.39 is 6.43 Å². The Labute approximate surface area is 83.6 Å². The molecule has 0 unspecified atom stereocenters. The lowest BCUT2D eigenvalue weighted by molar-refractivity contribution is 0.151. The third-order valence-electron chi connectivity index (χ3n) is 1.48. The molecule has 80 valence electrons. The monoisotopic (exact) mass is 202 g/mol. The van der Waals surface area contributed by atoms with Gasteiger partial charge in [0.25, 0.3) is 6.43 Å². The molecule has 0 radical (unpaired) electrons. The molecule has 0 saturated carbocycles. The lowest BCUT2D eigenvalue weighted by Gasteiger charge is -2.11. The van der Waals surface area contributed by atoms with Crippen molar-refractivity contribution >= 4 is 5.82 Å². The molecule has 0 aliphatic heterocycles. The first-order valence-electron chi connectivity index (χ1n) is 4.52. The van der Waals surface area contributed by atoms with Gasteiger partial charge in [0, 0.05) is 25.9 Å². The zero-order valence-corrected chi connectivity index (χ0v) is 8.96. The first kappa shape index (κ1) is 12.8. The van der Waals surface area contributed by atoms with E-state index in [1.807, 2.05) is 13.8 Å². The third-order valence-corrected chi connectivity index (χ3v) is 1.48. The molecule has 0 aromatic carbocycles. The average molecular weight is 202 g/mol. The van der Waals surface area contributed by atoms with Crippen LogP contribution in [-0.2, 0) is 0 Å². The number of pyridine rings is 1. The molecule has 4 heteroatoms. The predicted molar refractivity (Wildman–Crippen MR) is 54.9 cm³/mol. The van der Waals surface area contributed by atoms with Crippen molar-refractivity contribution in [3.63, 3.8) is 0 Å². The quantitative estimate of drug-likeness (QED) is 0.732. The Morgan fingerprint density at radius 2 is 1.86 bits per heavy atom. The Morgan fingerprint density at radius 3 is 2.29 bits per heavy atom. The van der Waals surface area contributed by atoms with Gasteiger partial charge in [-0.3, -0.25) is 0 Å². The first-order valence-corrected chi connectivity index (χ1v) is 4.52. The fourth-order valence-corrected chi connectivity index (χ4v) is 0.814. The average Bonchev–Trinajstić information content (AvgIpc) is 2.21. The zero-order valence-electron chi connectivity index (χ0n) is 8.96. The van der Waals surface area contributed by atoms with Crippen molar-refractivity contribution in [3.8, 4) is 0 Å². The maximum atomic E-state index is 12.2. The van der Waals surface area contributed by atoms with Crippen LogP contribution in [-0.4, -0.2) is 19.1 Å². The van der Waals surface area contributed by atoms with E-state index in [9.17, 15) is 8.78 Å². The molecule has 14 heavy (non-hydrogen) atoms. The molecule has 0 aliphatic rings. The second-order valence-corrected chi connectivity index (χ2v) is 2.64. The van der Waals surface area contributed by atoms with Crippen molar-refractivity contribution in [2.45, 2.75) is 20.3 Å². The van der Waals surface area contributed by atoms with Crippen LogP contribution in [0.2, 0.25) is 0 Å². The summed E-state index contributed by atoms with van der Waals surface area (Å²) in [6.07, 6.45) is -1.04. The van der Waals surface area contributed by atoms with Crippen LogP contribution in [0.4, 0.5) is 14.6 Å². The molecular formula is C10H16F2N2. The largest absolute Gasteiger partial charge is 0.363 e. The molecular weight excluding hydrogens is 186 g/mol. The summed E-state index contributed by atoms with van der Waals surface area (Å²) in [6, 6.07) is 2.70.